The van der Waals surface area contributed by atoms with Gasteiger partial charge in [0.2, 0.25) is 0 Å². The molecule has 1 saturated heterocycles. The van der Waals surface area contributed by atoms with E-state index in [1.165, 1.54) is 0 Å². The Hall–Kier alpha value is -0.770. The molecule has 0 amide bonds. The Morgan fingerprint density at radius 3 is 2.50 bits per heavy atom. The fourth-order valence-corrected chi connectivity index (χ4v) is 2.06. The van der Waals surface area contributed by atoms with E-state index < -0.39 is 0 Å². The summed E-state index contributed by atoms with van der Waals surface area (Å²) in [4.78, 5) is 2.68. The van der Waals surface area contributed by atoms with E-state index in [0.29, 0.717) is 30.9 Å². The molecular formula is C11H21N3O2. The van der Waals surface area contributed by atoms with Crippen molar-refractivity contribution in [3.63, 3.8) is 0 Å². The summed E-state index contributed by atoms with van der Waals surface area (Å²) in [6, 6.07) is 0. The molecule has 1 aliphatic rings. The lowest BCUT2D eigenvalue weighted by Gasteiger charge is -2.42. The molecule has 5 heteroatoms. The van der Waals surface area contributed by atoms with Crippen LogP contribution >= 0.6 is 0 Å². The van der Waals surface area contributed by atoms with Crippen molar-refractivity contribution >= 4 is 0 Å². The van der Waals surface area contributed by atoms with Gasteiger partial charge in [0.25, 0.3) is 0 Å². The normalized spacial score (nSPS) is 39.1. The topological polar surface area (TPSA) is 67.2 Å². The Labute approximate surface area is 96.7 Å². The highest BCUT2D eigenvalue weighted by Crippen LogP contribution is 2.34. The maximum Gasteiger partial charge on any atom is 0.160 e. The van der Waals surface area contributed by atoms with Crippen LogP contribution in [0.25, 0.3) is 10.4 Å². The van der Waals surface area contributed by atoms with E-state index in [4.69, 9.17) is 15.0 Å². The van der Waals surface area contributed by atoms with Gasteiger partial charge in [0.1, 0.15) is 0 Å². The molecule has 2 unspecified atom stereocenters. The molecule has 0 saturated carbocycles. The molecule has 0 spiro atoms. The lowest BCUT2D eigenvalue weighted by molar-refractivity contribution is -0.242. The van der Waals surface area contributed by atoms with Crippen LogP contribution in [0.15, 0.2) is 5.11 Å². The molecule has 16 heavy (non-hydrogen) atoms. The largest absolute Gasteiger partial charge is 0.352 e. The summed E-state index contributed by atoms with van der Waals surface area (Å²) in [7, 11) is 0. The minimum atomic E-state index is -0.171. The van der Waals surface area contributed by atoms with Crippen LogP contribution < -0.4 is 0 Å². The minimum Gasteiger partial charge on any atom is -0.352 e. The maximum atomic E-state index is 8.15. The van der Waals surface area contributed by atoms with Crippen molar-refractivity contribution in [1.82, 2.24) is 0 Å². The van der Waals surface area contributed by atoms with Gasteiger partial charge in [0.15, 0.2) is 6.29 Å². The van der Waals surface area contributed by atoms with Crippen LogP contribution in [0, 0.1) is 17.8 Å². The van der Waals surface area contributed by atoms with Crippen molar-refractivity contribution < 1.29 is 9.47 Å². The fraction of sp³-hybridized carbons (Fsp3) is 1.00. The number of hydrogen-bond donors (Lipinski definition) is 0. The summed E-state index contributed by atoms with van der Waals surface area (Å²) < 4.78 is 11.4. The van der Waals surface area contributed by atoms with Gasteiger partial charge >= 0.3 is 0 Å². The Bertz CT molecular complexity index is 266. The zero-order chi connectivity index (χ0) is 12.1. The minimum absolute atomic E-state index is 0.171. The molecule has 0 aromatic rings. The number of hydrogen-bond acceptors (Lipinski definition) is 3. The second-order valence-electron chi connectivity index (χ2n) is 4.61. The first-order valence-corrected chi connectivity index (χ1v) is 5.85. The van der Waals surface area contributed by atoms with Gasteiger partial charge in [-0.2, -0.15) is 0 Å². The Balaban J connectivity index is 2.44. The molecule has 0 radical (unpaired) electrons. The highest BCUT2D eigenvalue weighted by Gasteiger charge is 2.37. The summed E-state index contributed by atoms with van der Waals surface area (Å²) in [6.07, 6.45) is 0.0470. The lowest BCUT2D eigenvalue weighted by atomic mass is 9.79. The van der Waals surface area contributed by atoms with Gasteiger partial charge < -0.3 is 9.47 Å². The van der Waals surface area contributed by atoms with E-state index in [0.717, 1.165) is 0 Å². The molecule has 5 nitrogen and oxygen atoms in total. The van der Waals surface area contributed by atoms with E-state index in [2.05, 4.69) is 37.7 Å². The Kier molecular flexibility index (Phi) is 5.06. The Morgan fingerprint density at radius 2 is 1.88 bits per heavy atom. The molecule has 1 heterocycles. The molecular weight excluding hydrogens is 206 g/mol. The standard InChI is InChI=1S/C11H21N3O2/c1-7-8(2)10(4)16-11(9(7)3)15-6-5-13-14-12/h7-11H,5-6H2,1-4H3/t7-,8-,9?,10?,11+/m0/s1. The van der Waals surface area contributed by atoms with Gasteiger partial charge in [0.05, 0.1) is 12.7 Å². The molecule has 0 aromatic heterocycles. The predicted molar refractivity (Wildman–Crippen MR) is 61.8 cm³/mol. The van der Waals surface area contributed by atoms with E-state index in [1.54, 1.807) is 0 Å². The Morgan fingerprint density at radius 1 is 1.19 bits per heavy atom. The number of azide groups is 1. The van der Waals surface area contributed by atoms with Gasteiger partial charge in [0, 0.05) is 17.4 Å². The monoisotopic (exact) mass is 227 g/mol. The van der Waals surface area contributed by atoms with Crippen molar-refractivity contribution in [2.75, 3.05) is 13.2 Å². The lowest BCUT2D eigenvalue weighted by Crippen LogP contribution is -2.44. The molecule has 92 valence electrons. The zero-order valence-corrected chi connectivity index (χ0v) is 10.5. The second-order valence-corrected chi connectivity index (χ2v) is 4.61. The predicted octanol–water partition coefficient (Wildman–Crippen LogP) is 2.97. The summed E-state index contributed by atoms with van der Waals surface area (Å²) >= 11 is 0. The number of ether oxygens (including phenoxy) is 2. The molecule has 0 bridgehead atoms. The number of rotatable bonds is 4. The fourth-order valence-electron chi connectivity index (χ4n) is 2.06. The molecule has 0 aromatic carbocycles. The number of nitrogens with zero attached hydrogens (tertiary/aromatic N) is 3. The van der Waals surface area contributed by atoms with Crippen molar-refractivity contribution in [3.8, 4) is 0 Å². The van der Waals surface area contributed by atoms with Gasteiger partial charge in [-0.15, -0.1) is 0 Å². The average Bonchev–Trinajstić information content (AvgIpc) is 2.28. The van der Waals surface area contributed by atoms with E-state index in [1.807, 2.05) is 0 Å². The van der Waals surface area contributed by atoms with Gasteiger partial charge in [-0.25, -0.2) is 0 Å². The van der Waals surface area contributed by atoms with Gasteiger partial charge in [-0.05, 0) is 24.3 Å². The van der Waals surface area contributed by atoms with Crippen LogP contribution in [0.5, 0.6) is 0 Å². The van der Waals surface area contributed by atoms with Crippen LogP contribution in [-0.4, -0.2) is 25.5 Å². The first-order valence-electron chi connectivity index (χ1n) is 5.85. The molecule has 5 atom stereocenters. The quantitative estimate of drug-likeness (QED) is 0.320. The van der Waals surface area contributed by atoms with Crippen LogP contribution in [0.4, 0.5) is 0 Å². The van der Waals surface area contributed by atoms with Gasteiger partial charge in [-0.3, -0.25) is 0 Å². The third-order valence-electron chi connectivity index (χ3n) is 3.71. The third kappa shape index (κ3) is 3.11. The maximum absolute atomic E-state index is 8.15. The third-order valence-corrected chi connectivity index (χ3v) is 3.71. The first-order chi connectivity index (χ1) is 7.57. The van der Waals surface area contributed by atoms with Crippen molar-refractivity contribution in [2.45, 2.75) is 40.1 Å². The summed E-state index contributed by atoms with van der Waals surface area (Å²) in [6.45, 7) is 9.45. The van der Waals surface area contributed by atoms with E-state index in [9.17, 15) is 0 Å². The smallest absolute Gasteiger partial charge is 0.160 e. The average molecular weight is 227 g/mol. The zero-order valence-electron chi connectivity index (χ0n) is 10.5. The van der Waals surface area contributed by atoms with E-state index >= 15 is 0 Å². The van der Waals surface area contributed by atoms with Crippen LogP contribution in [0.1, 0.15) is 27.7 Å². The summed E-state index contributed by atoms with van der Waals surface area (Å²) in [5.74, 6) is 1.50. The summed E-state index contributed by atoms with van der Waals surface area (Å²) in [5, 5.41) is 3.43. The molecule has 1 fully saturated rings. The van der Waals surface area contributed by atoms with Crippen molar-refractivity contribution in [2.24, 2.45) is 22.9 Å². The van der Waals surface area contributed by atoms with Gasteiger partial charge in [-0.1, -0.05) is 25.9 Å². The van der Waals surface area contributed by atoms with Crippen LogP contribution in [0.2, 0.25) is 0 Å². The van der Waals surface area contributed by atoms with Crippen molar-refractivity contribution in [3.05, 3.63) is 10.4 Å². The molecule has 1 aliphatic heterocycles. The molecule has 0 N–H and O–H groups in total. The SMILES string of the molecule is CC1O[C@@H](OCCN=[N+]=[N-])C(C)[C@@H](C)[C@@H]1C. The first kappa shape index (κ1) is 13.3. The van der Waals surface area contributed by atoms with Crippen molar-refractivity contribution in [1.29, 1.82) is 0 Å². The molecule has 0 aliphatic carbocycles. The highest BCUT2D eigenvalue weighted by atomic mass is 16.7. The summed E-state index contributed by atoms with van der Waals surface area (Å²) in [5.41, 5.74) is 8.15. The van der Waals surface area contributed by atoms with Crippen LogP contribution in [0.3, 0.4) is 0 Å². The van der Waals surface area contributed by atoms with E-state index in [-0.39, 0.29) is 12.4 Å². The second kappa shape index (κ2) is 6.09. The molecule has 1 rings (SSSR count). The van der Waals surface area contributed by atoms with Crippen LogP contribution in [-0.2, 0) is 9.47 Å². The highest BCUT2D eigenvalue weighted by molar-refractivity contribution is 4.80.